The fourth-order valence-electron chi connectivity index (χ4n) is 3.39. The number of esters is 1. The van der Waals surface area contributed by atoms with Gasteiger partial charge >= 0.3 is 12.0 Å². The van der Waals surface area contributed by atoms with E-state index in [1.807, 2.05) is 19.1 Å². The largest absolute Gasteiger partial charge is 0.463 e. The molecule has 30 heavy (non-hydrogen) atoms. The zero-order valence-corrected chi connectivity index (χ0v) is 17.9. The van der Waals surface area contributed by atoms with Crippen LogP contribution in [0.5, 0.6) is 0 Å². The van der Waals surface area contributed by atoms with Crippen LogP contribution >= 0.6 is 11.3 Å². The van der Waals surface area contributed by atoms with Gasteiger partial charge in [-0.2, -0.15) is 0 Å². The highest BCUT2D eigenvalue weighted by atomic mass is 32.1. The number of Topliss-reactive ketones (excluding diaryl/α,β-unsaturated/α-hetero) is 1. The van der Waals surface area contributed by atoms with Crippen molar-refractivity contribution < 1.29 is 19.1 Å². The lowest BCUT2D eigenvalue weighted by molar-refractivity contribution is -0.137. The van der Waals surface area contributed by atoms with Gasteiger partial charge in [0.2, 0.25) is 0 Å². The Morgan fingerprint density at radius 1 is 1.23 bits per heavy atom. The summed E-state index contributed by atoms with van der Waals surface area (Å²) in [5.41, 5.74) is 2.02. The number of ether oxygens (including phenoxy) is 1. The molecular weight excluding hydrogens is 402 g/mol. The van der Waals surface area contributed by atoms with Crippen LogP contribution in [0.2, 0.25) is 0 Å². The number of nitrogens with one attached hydrogen (secondary N) is 2. The summed E-state index contributed by atoms with van der Waals surface area (Å²) in [4.78, 5) is 41.6. The number of thiazole rings is 1. The number of carbonyl (C=O) groups excluding carboxylic acids is 3. The highest BCUT2D eigenvalue weighted by Gasteiger charge is 2.26. The second kappa shape index (κ2) is 10.2. The van der Waals surface area contributed by atoms with Gasteiger partial charge in [-0.15, -0.1) is 0 Å². The molecule has 0 saturated heterocycles. The van der Waals surface area contributed by atoms with Gasteiger partial charge in [-0.25, -0.2) is 14.6 Å². The van der Waals surface area contributed by atoms with Crippen LogP contribution in [0.3, 0.4) is 0 Å². The minimum absolute atomic E-state index is 0.0307. The summed E-state index contributed by atoms with van der Waals surface area (Å²) in [6, 6.07) is 4.97. The molecule has 7 nitrogen and oxygen atoms in total. The highest BCUT2D eigenvalue weighted by molar-refractivity contribution is 7.16. The van der Waals surface area contributed by atoms with Gasteiger partial charge in [0.25, 0.3) is 0 Å². The summed E-state index contributed by atoms with van der Waals surface area (Å²) >= 11 is 1.22. The van der Waals surface area contributed by atoms with Crippen LogP contribution in [0.4, 0.5) is 15.6 Å². The zero-order chi connectivity index (χ0) is 21.5. The summed E-state index contributed by atoms with van der Waals surface area (Å²) in [6.07, 6.45) is 8.40. The van der Waals surface area contributed by atoms with Crippen molar-refractivity contribution in [1.82, 2.24) is 4.98 Å². The normalized spacial score (nSPS) is 14.1. The second-order valence-electron chi connectivity index (χ2n) is 7.13. The molecule has 2 N–H and O–H groups in total. The topological polar surface area (TPSA) is 97.4 Å². The molecule has 2 aromatic rings. The van der Waals surface area contributed by atoms with Gasteiger partial charge in [0.15, 0.2) is 10.9 Å². The van der Waals surface area contributed by atoms with Crippen molar-refractivity contribution in [3.63, 3.8) is 0 Å². The first-order chi connectivity index (χ1) is 14.5. The van der Waals surface area contributed by atoms with E-state index in [4.69, 9.17) is 4.74 Å². The number of nitrogens with zero attached hydrogens (tertiary/aromatic N) is 1. The van der Waals surface area contributed by atoms with Crippen LogP contribution in [0, 0.1) is 12.8 Å². The maximum absolute atomic E-state index is 12.9. The fraction of sp³-hybridized carbons (Fsp3) is 0.364. The van der Waals surface area contributed by atoms with Gasteiger partial charge in [0.05, 0.1) is 12.3 Å². The number of ketones is 1. The van der Waals surface area contributed by atoms with Gasteiger partial charge in [0.1, 0.15) is 0 Å². The molecule has 1 aromatic heterocycles. The first kappa shape index (κ1) is 21.7. The quantitative estimate of drug-likeness (QED) is 0.366. The number of hydrogen-bond donors (Lipinski definition) is 2. The number of benzene rings is 1. The predicted molar refractivity (Wildman–Crippen MR) is 118 cm³/mol. The molecule has 0 atom stereocenters. The smallest absolute Gasteiger partial charge is 0.330 e. The molecule has 0 unspecified atom stereocenters. The Morgan fingerprint density at radius 3 is 2.73 bits per heavy atom. The van der Waals surface area contributed by atoms with Gasteiger partial charge in [-0.3, -0.25) is 10.1 Å². The number of anilines is 2. The molecule has 2 amide bonds. The Kier molecular flexibility index (Phi) is 7.35. The summed E-state index contributed by atoms with van der Waals surface area (Å²) in [5.74, 6) is -0.313. The third-order valence-corrected chi connectivity index (χ3v) is 5.71. The SMILES string of the molecule is CCOC(=O)C=Cc1cnc(NC(=O)Nc2ccc(C)cc2C(=O)C2CCCC2)s1. The molecular formula is C22H25N3O4S. The second-order valence-corrected chi connectivity index (χ2v) is 8.19. The number of aromatic nitrogens is 1. The zero-order valence-electron chi connectivity index (χ0n) is 17.1. The first-order valence-corrected chi connectivity index (χ1v) is 10.8. The third kappa shape index (κ3) is 5.76. The van der Waals surface area contributed by atoms with Crippen LogP contribution in [0.25, 0.3) is 6.08 Å². The summed E-state index contributed by atoms with van der Waals surface area (Å²) < 4.78 is 4.83. The van der Waals surface area contributed by atoms with Gasteiger partial charge in [0, 0.05) is 28.6 Å². The lowest BCUT2D eigenvalue weighted by Crippen LogP contribution is -2.22. The van der Waals surface area contributed by atoms with E-state index in [-0.39, 0.29) is 11.7 Å². The van der Waals surface area contributed by atoms with Crippen LogP contribution in [-0.2, 0) is 9.53 Å². The van der Waals surface area contributed by atoms with Crippen LogP contribution in [0.1, 0.15) is 53.4 Å². The number of urea groups is 1. The maximum Gasteiger partial charge on any atom is 0.330 e. The minimum atomic E-state index is -0.477. The van der Waals surface area contributed by atoms with Crippen LogP contribution < -0.4 is 10.6 Å². The molecule has 1 fully saturated rings. The van der Waals surface area contributed by atoms with Gasteiger partial charge in [-0.1, -0.05) is 35.8 Å². The molecule has 1 heterocycles. The lowest BCUT2D eigenvalue weighted by atomic mass is 9.94. The molecule has 3 rings (SSSR count). The van der Waals surface area contributed by atoms with Crippen molar-refractivity contribution in [1.29, 1.82) is 0 Å². The molecule has 0 spiro atoms. The first-order valence-electron chi connectivity index (χ1n) is 9.99. The van der Waals surface area contributed by atoms with E-state index in [2.05, 4.69) is 15.6 Å². The van der Waals surface area contributed by atoms with E-state index in [1.165, 1.54) is 17.4 Å². The Labute approximate surface area is 179 Å². The molecule has 0 bridgehead atoms. The standard InChI is InChI=1S/C22H25N3O4S/c1-3-29-19(26)11-9-16-13-23-22(30-16)25-21(28)24-18-10-8-14(2)12-17(18)20(27)15-6-4-5-7-15/h8-13,15H,3-7H2,1-2H3,(H2,23,24,25,28). The molecule has 0 aliphatic heterocycles. The maximum atomic E-state index is 12.9. The lowest BCUT2D eigenvalue weighted by Gasteiger charge is -2.14. The average molecular weight is 428 g/mol. The van der Waals surface area contributed by atoms with Crippen molar-refractivity contribution in [3.8, 4) is 0 Å². The van der Waals surface area contributed by atoms with Crippen molar-refractivity contribution in [2.45, 2.75) is 39.5 Å². The summed E-state index contributed by atoms with van der Waals surface area (Å²) in [7, 11) is 0. The Balaban J connectivity index is 1.65. The van der Waals surface area contributed by atoms with Gasteiger partial charge < -0.3 is 10.1 Å². The molecule has 1 saturated carbocycles. The fourth-order valence-corrected chi connectivity index (χ4v) is 4.11. The van der Waals surface area contributed by atoms with E-state index >= 15 is 0 Å². The van der Waals surface area contributed by atoms with Crippen molar-refractivity contribution >= 4 is 46.0 Å². The van der Waals surface area contributed by atoms with Crippen molar-refractivity contribution in [3.05, 3.63) is 46.5 Å². The molecule has 158 valence electrons. The third-order valence-electron chi connectivity index (χ3n) is 4.83. The monoisotopic (exact) mass is 427 g/mol. The van der Waals surface area contributed by atoms with E-state index in [1.54, 1.807) is 25.3 Å². The molecule has 8 heteroatoms. The van der Waals surface area contributed by atoms with E-state index in [0.717, 1.165) is 31.2 Å². The number of amides is 2. The number of aryl methyl sites for hydroxylation is 1. The Morgan fingerprint density at radius 2 is 2.00 bits per heavy atom. The summed E-state index contributed by atoms with van der Waals surface area (Å²) in [5, 5.41) is 5.82. The number of rotatable bonds is 7. The molecule has 1 aliphatic carbocycles. The number of hydrogen-bond acceptors (Lipinski definition) is 6. The molecule has 1 aromatic carbocycles. The Bertz CT molecular complexity index is 961. The number of carbonyl (C=O) groups is 3. The van der Waals surface area contributed by atoms with Crippen molar-refractivity contribution in [2.75, 3.05) is 17.2 Å². The van der Waals surface area contributed by atoms with E-state index in [9.17, 15) is 14.4 Å². The molecule has 0 radical (unpaired) electrons. The van der Waals surface area contributed by atoms with E-state index < -0.39 is 12.0 Å². The van der Waals surface area contributed by atoms with Crippen molar-refractivity contribution in [2.24, 2.45) is 5.92 Å². The Hall–Kier alpha value is -3.00. The average Bonchev–Trinajstić information content (AvgIpc) is 3.39. The minimum Gasteiger partial charge on any atom is -0.463 e. The predicted octanol–water partition coefficient (Wildman–Crippen LogP) is 5.04. The van der Waals surface area contributed by atoms with Crippen LogP contribution in [-0.4, -0.2) is 29.4 Å². The molecule has 1 aliphatic rings. The van der Waals surface area contributed by atoms with E-state index in [0.29, 0.717) is 27.9 Å². The van der Waals surface area contributed by atoms with Gasteiger partial charge in [-0.05, 0) is 44.9 Å². The summed E-state index contributed by atoms with van der Waals surface area (Å²) in [6.45, 7) is 3.97. The van der Waals surface area contributed by atoms with Crippen LogP contribution in [0.15, 0.2) is 30.5 Å². The highest BCUT2D eigenvalue weighted by Crippen LogP contribution is 2.31.